The van der Waals surface area contributed by atoms with Crippen LogP contribution in [0.3, 0.4) is 0 Å². The summed E-state index contributed by atoms with van der Waals surface area (Å²) < 4.78 is 5.86. The zero-order valence-corrected chi connectivity index (χ0v) is 19.1. The lowest BCUT2D eigenvalue weighted by Crippen LogP contribution is -2.50. The first-order valence-electron chi connectivity index (χ1n) is 10.3. The van der Waals surface area contributed by atoms with Crippen LogP contribution < -0.4 is 10.1 Å². The Labute approximate surface area is 184 Å². The third-order valence-electron chi connectivity index (χ3n) is 4.79. The summed E-state index contributed by atoms with van der Waals surface area (Å²) >= 11 is 6.30. The largest absolute Gasteiger partial charge is 0.483 e. The van der Waals surface area contributed by atoms with E-state index in [1.807, 2.05) is 56.3 Å². The normalized spacial score (nSPS) is 12.0. The summed E-state index contributed by atoms with van der Waals surface area (Å²) in [4.78, 5) is 27.2. The van der Waals surface area contributed by atoms with Crippen LogP contribution in [0.1, 0.15) is 51.7 Å². The summed E-state index contributed by atoms with van der Waals surface area (Å²) in [6, 6.07) is 14.3. The van der Waals surface area contributed by atoms with E-state index in [1.165, 1.54) is 4.90 Å². The summed E-state index contributed by atoms with van der Waals surface area (Å²) in [5, 5.41) is 3.42. The second-order valence-electron chi connectivity index (χ2n) is 7.93. The van der Waals surface area contributed by atoms with Gasteiger partial charge in [0, 0.05) is 17.6 Å². The van der Waals surface area contributed by atoms with Gasteiger partial charge in [0.15, 0.2) is 6.61 Å². The molecule has 30 heavy (non-hydrogen) atoms. The molecule has 0 aliphatic rings. The van der Waals surface area contributed by atoms with Crippen LogP contribution in [0.15, 0.2) is 48.5 Å². The molecule has 0 spiro atoms. The Hall–Kier alpha value is -2.53. The number of hydrogen-bond acceptors (Lipinski definition) is 3. The van der Waals surface area contributed by atoms with Crippen molar-refractivity contribution in [3.8, 4) is 5.75 Å². The number of amides is 2. The lowest BCUT2D eigenvalue weighted by molar-refractivity contribution is -0.142. The van der Waals surface area contributed by atoms with E-state index in [0.717, 1.165) is 11.1 Å². The van der Waals surface area contributed by atoms with Gasteiger partial charge in [0.1, 0.15) is 11.8 Å². The topological polar surface area (TPSA) is 58.6 Å². The highest BCUT2D eigenvalue weighted by Gasteiger charge is 2.27. The Balaban J connectivity index is 2.21. The van der Waals surface area contributed by atoms with Gasteiger partial charge in [-0.1, -0.05) is 61.8 Å². The number of benzene rings is 2. The molecule has 2 amide bonds. The second kappa shape index (κ2) is 11.0. The molecule has 6 heteroatoms. The van der Waals surface area contributed by atoms with Crippen LogP contribution in [0.2, 0.25) is 5.02 Å². The number of rotatable bonds is 9. The molecular weight excluding hydrogens is 400 g/mol. The highest BCUT2D eigenvalue weighted by atomic mass is 35.5. The van der Waals surface area contributed by atoms with Gasteiger partial charge >= 0.3 is 0 Å². The van der Waals surface area contributed by atoms with Crippen LogP contribution in [-0.2, 0) is 16.1 Å². The van der Waals surface area contributed by atoms with Crippen molar-refractivity contribution < 1.29 is 14.3 Å². The van der Waals surface area contributed by atoms with Gasteiger partial charge in [-0.3, -0.25) is 9.59 Å². The molecule has 2 rings (SSSR count). The molecule has 0 saturated heterocycles. The maximum atomic E-state index is 13.1. The third kappa shape index (κ3) is 6.49. The van der Waals surface area contributed by atoms with E-state index >= 15 is 0 Å². The summed E-state index contributed by atoms with van der Waals surface area (Å²) in [5.41, 5.74) is 1.81. The Morgan fingerprint density at radius 1 is 1.00 bits per heavy atom. The second-order valence-corrected chi connectivity index (χ2v) is 8.34. The van der Waals surface area contributed by atoms with Crippen molar-refractivity contribution in [2.24, 2.45) is 0 Å². The fourth-order valence-corrected chi connectivity index (χ4v) is 3.30. The predicted octanol–water partition coefficient (Wildman–Crippen LogP) is 4.78. The van der Waals surface area contributed by atoms with Crippen LogP contribution >= 0.6 is 11.6 Å². The summed E-state index contributed by atoms with van der Waals surface area (Å²) in [5.74, 6) is 0.456. The van der Waals surface area contributed by atoms with E-state index < -0.39 is 6.04 Å². The van der Waals surface area contributed by atoms with Crippen molar-refractivity contribution in [2.75, 3.05) is 6.61 Å². The zero-order chi connectivity index (χ0) is 22.3. The molecule has 5 nitrogen and oxygen atoms in total. The molecule has 162 valence electrons. The Morgan fingerprint density at radius 3 is 2.27 bits per heavy atom. The van der Waals surface area contributed by atoms with E-state index in [1.54, 1.807) is 13.0 Å². The number of ether oxygens (including phenoxy) is 1. The molecule has 0 fully saturated rings. The zero-order valence-electron chi connectivity index (χ0n) is 18.3. The molecule has 0 aliphatic heterocycles. The molecule has 0 bridgehead atoms. The number of carbonyl (C=O) groups is 2. The number of nitrogens with zero attached hydrogens (tertiary/aromatic N) is 1. The monoisotopic (exact) mass is 430 g/mol. The molecule has 0 unspecified atom stereocenters. The van der Waals surface area contributed by atoms with Gasteiger partial charge < -0.3 is 15.0 Å². The first kappa shape index (κ1) is 23.7. The molecule has 0 saturated carbocycles. The summed E-state index contributed by atoms with van der Waals surface area (Å²) in [6.45, 7) is 9.70. The number of para-hydroxylation sites is 1. The predicted molar refractivity (Wildman–Crippen MR) is 121 cm³/mol. The minimum Gasteiger partial charge on any atom is -0.483 e. The van der Waals surface area contributed by atoms with Crippen LogP contribution in [0.25, 0.3) is 0 Å². The van der Waals surface area contributed by atoms with Gasteiger partial charge in [-0.25, -0.2) is 0 Å². The SMILES string of the molecule is CC(C)NC(=O)[C@@H](C)N(Cc1ccccc1Cl)C(=O)COc1ccccc1C(C)C. The van der Waals surface area contributed by atoms with Gasteiger partial charge in [0.05, 0.1) is 0 Å². The fraction of sp³-hybridized carbons (Fsp3) is 0.417. The molecule has 0 aliphatic carbocycles. The smallest absolute Gasteiger partial charge is 0.261 e. The van der Waals surface area contributed by atoms with Crippen LogP contribution in [-0.4, -0.2) is 35.4 Å². The molecule has 0 radical (unpaired) electrons. The number of hydrogen-bond donors (Lipinski definition) is 1. The highest BCUT2D eigenvalue weighted by molar-refractivity contribution is 6.31. The minimum absolute atomic E-state index is 0.0219. The van der Waals surface area contributed by atoms with Crippen LogP contribution in [0.5, 0.6) is 5.75 Å². The quantitative estimate of drug-likeness (QED) is 0.622. The van der Waals surface area contributed by atoms with E-state index in [0.29, 0.717) is 10.8 Å². The maximum Gasteiger partial charge on any atom is 0.261 e. The van der Waals surface area contributed by atoms with E-state index in [4.69, 9.17) is 16.3 Å². The third-order valence-corrected chi connectivity index (χ3v) is 5.16. The highest BCUT2D eigenvalue weighted by Crippen LogP contribution is 2.26. The van der Waals surface area contributed by atoms with Crippen molar-refractivity contribution in [2.45, 2.75) is 59.2 Å². The molecule has 0 heterocycles. The lowest BCUT2D eigenvalue weighted by Gasteiger charge is -2.29. The number of nitrogens with one attached hydrogen (secondary N) is 1. The fourth-order valence-electron chi connectivity index (χ4n) is 3.11. The minimum atomic E-state index is -0.667. The summed E-state index contributed by atoms with van der Waals surface area (Å²) in [6.07, 6.45) is 0. The van der Waals surface area contributed by atoms with Crippen LogP contribution in [0, 0.1) is 0 Å². The van der Waals surface area contributed by atoms with Gasteiger partial charge in [-0.2, -0.15) is 0 Å². The Morgan fingerprint density at radius 2 is 1.63 bits per heavy atom. The first-order valence-corrected chi connectivity index (χ1v) is 10.6. The van der Waals surface area contributed by atoms with Crippen molar-refractivity contribution in [1.82, 2.24) is 10.2 Å². The standard InChI is InChI=1S/C24H31ClN2O3/c1-16(2)20-11-7-9-13-22(20)30-15-23(28)27(18(5)24(29)26-17(3)4)14-19-10-6-8-12-21(19)25/h6-13,16-18H,14-15H2,1-5H3,(H,26,29)/t18-/m1/s1. The number of carbonyl (C=O) groups excluding carboxylic acids is 2. The molecule has 2 aromatic carbocycles. The average molecular weight is 431 g/mol. The Bertz CT molecular complexity index is 867. The van der Waals surface area contributed by atoms with Crippen molar-refractivity contribution >= 4 is 23.4 Å². The van der Waals surface area contributed by atoms with Crippen molar-refractivity contribution in [3.05, 3.63) is 64.7 Å². The van der Waals surface area contributed by atoms with Gasteiger partial charge in [-0.15, -0.1) is 0 Å². The van der Waals surface area contributed by atoms with E-state index in [2.05, 4.69) is 19.2 Å². The van der Waals surface area contributed by atoms with E-state index in [-0.39, 0.29) is 36.9 Å². The summed E-state index contributed by atoms with van der Waals surface area (Å²) in [7, 11) is 0. The van der Waals surface area contributed by atoms with E-state index in [9.17, 15) is 9.59 Å². The Kier molecular flexibility index (Phi) is 8.72. The van der Waals surface area contributed by atoms with Gasteiger partial charge in [0.25, 0.3) is 5.91 Å². The van der Waals surface area contributed by atoms with Crippen molar-refractivity contribution in [3.63, 3.8) is 0 Å². The first-order chi connectivity index (χ1) is 14.2. The van der Waals surface area contributed by atoms with Gasteiger partial charge in [-0.05, 0) is 49.9 Å². The van der Waals surface area contributed by atoms with Crippen LogP contribution in [0.4, 0.5) is 0 Å². The van der Waals surface area contributed by atoms with Crippen molar-refractivity contribution in [1.29, 1.82) is 0 Å². The molecule has 0 aromatic heterocycles. The average Bonchev–Trinajstić information content (AvgIpc) is 2.70. The molecule has 1 N–H and O–H groups in total. The molecule has 2 aromatic rings. The molecular formula is C24H31ClN2O3. The molecule has 1 atom stereocenters. The van der Waals surface area contributed by atoms with Gasteiger partial charge in [0.2, 0.25) is 5.91 Å². The lowest BCUT2D eigenvalue weighted by atomic mass is 10.0. The maximum absolute atomic E-state index is 13.1. The number of halogens is 1.